The number of para-hydroxylation sites is 2. The Kier molecular flexibility index (Phi) is 7.37. The maximum Gasteiger partial charge on any atom is 0.263 e. The highest BCUT2D eigenvalue weighted by Gasteiger charge is 2.20. The molecule has 0 bridgehead atoms. The summed E-state index contributed by atoms with van der Waals surface area (Å²) in [5.41, 5.74) is 2.13. The van der Waals surface area contributed by atoms with Crippen molar-refractivity contribution in [1.29, 1.82) is 0 Å². The maximum absolute atomic E-state index is 13.5. The van der Waals surface area contributed by atoms with Gasteiger partial charge < -0.3 is 20.1 Å². The Morgan fingerprint density at radius 2 is 1.48 bits per heavy atom. The number of aromatic nitrogens is 4. The van der Waals surface area contributed by atoms with E-state index in [-0.39, 0.29) is 27.8 Å². The molecule has 0 saturated carbocycles. The predicted octanol–water partition coefficient (Wildman–Crippen LogP) is 4.23. The molecule has 12 nitrogen and oxygen atoms in total. The van der Waals surface area contributed by atoms with Crippen LogP contribution < -0.4 is 24.8 Å². The molecule has 0 saturated heterocycles. The molecule has 0 unspecified atom stereocenters. The molecule has 0 aliphatic heterocycles. The van der Waals surface area contributed by atoms with Crippen LogP contribution in [0.3, 0.4) is 0 Å². The fraction of sp³-hybridized carbons (Fsp3) is 0.0741. The number of fused-ring (bicyclic) bond motifs is 1. The summed E-state index contributed by atoms with van der Waals surface area (Å²) in [6.07, 6.45) is 2.69. The van der Waals surface area contributed by atoms with E-state index in [9.17, 15) is 13.2 Å². The highest BCUT2D eigenvalue weighted by atomic mass is 32.2. The molecule has 2 heterocycles. The van der Waals surface area contributed by atoms with Gasteiger partial charge in [-0.3, -0.25) is 9.52 Å². The molecule has 3 aromatic carbocycles. The van der Waals surface area contributed by atoms with Gasteiger partial charge in [-0.1, -0.05) is 18.2 Å². The van der Waals surface area contributed by atoms with Crippen LogP contribution in [0.4, 0.5) is 23.0 Å². The molecule has 1 amide bonds. The molecule has 0 aliphatic carbocycles. The third kappa shape index (κ3) is 5.89. The molecule has 3 N–H and O–H groups in total. The summed E-state index contributed by atoms with van der Waals surface area (Å²) < 4.78 is 40.1. The summed E-state index contributed by atoms with van der Waals surface area (Å²) in [7, 11) is -1.11. The van der Waals surface area contributed by atoms with Gasteiger partial charge in [0.2, 0.25) is 0 Å². The SMILES string of the molecule is COc1cc(Nc2nc3ccccc3nc2NS(=O)(=O)c2cccc(NC(=O)c3ccnnc3)c2)cc(OC)c1. The summed E-state index contributed by atoms with van der Waals surface area (Å²) in [4.78, 5) is 21.5. The maximum atomic E-state index is 13.5. The highest BCUT2D eigenvalue weighted by Crippen LogP contribution is 2.31. The van der Waals surface area contributed by atoms with Gasteiger partial charge in [0, 0.05) is 29.6 Å². The van der Waals surface area contributed by atoms with Gasteiger partial charge in [0.25, 0.3) is 15.9 Å². The molecule has 0 fully saturated rings. The average Bonchev–Trinajstić information content (AvgIpc) is 2.97. The number of rotatable bonds is 9. The van der Waals surface area contributed by atoms with Gasteiger partial charge in [0.15, 0.2) is 11.6 Å². The van der Waals surface area contributed by atoms with Crippen LogP contribution in [-0.4, -0.2) is 48.7 Å². The number of amides is 1. The van der Waals surface area contributed by atoms with Crippen molar-refractivity contribution in [2.45, 2.75) is 4.90 Å². The van der Waals surface area contributed by atoms with E-state index in [1.807, 2.05) is 0 Å². The normalized spacial score (nSPS) is 11.1. The Morgan fingerprint density at radius 3 is 2.12 bits per heavy atom. The van der Waals surface area contributed by atoms with E-state index in [4.69, 9.17) is 9.47 Å². The molecular weight excluding hydrogens is 534 g/mol. The standard InChI is InChI=1S/C27H23N7O5S/c1-38-20-12-19(13-21(15-20)39-2)30-25-26(33-24-9-4-3-8-23(24)32-25)34-40(36,37)22-7-5-6-18(14-22)31-27(35)17-10-11-28-29-16-17/h3-16H,1-2H3,(H,30,32)(H,31,35)(H,33,34). The minimum Gasteiger partial charge on any atom is -0.497 e. The van der Waals surface area contributed by atoms with Crippen LogP contribution in [-0.2, 0) is 10.0 Å². The molecule has 5 rings (SSSR count). The van der Waals surface area contributed by atoms with E-state index in [1.165, 1.54) is 50.9 Å². The summed E-state index contributed by atoms with van der Waals surface area (Å²) in [5.74, 6) is 0.723. The highest BCUT2D eigenvalue weighted by molar-refractivity contribution is 7.92. The second-order valence-electron chi connectivity index (χ2n) is 8.35. The number of sulfonamides is 1. The summed E-state index contributed by atoms with van der Waals surface area (Å²) in [6.45, 7) is 0. The molecule has 0 aliphatic rings. The largest absolute Gasteiger partial charge is 0.497 e. The summed E-state index contributed by atoms with van der Waals surface area (Å²) in [6, 6.07) is 19.5. The Morgan fingerprint density at radius 1 is 0.775 bits per heavy atom. The summed E-state index contributed by atoms with van der Waals surface area (Å²) >= 11 is 0. The number of carbonyl (C=O) groups excluding carboxylic acids is 1. The first kappa shape index (κ1) is 26.3. The number of hydrogen-bond acceptors (Lipinski definition) is 10. The van der Waals surface area contributed by atoms with Gasteiger partial charge in [-0.15, -0.1) is 0 Å². The molecule has 0 spiro atoms. The van der Waals surface area contributed by atoms with Gasteiger partial charge in [0.05, 0.1) is 48.1 Å². The van der Waals surface area contributed by atoms with Crippen LogP contribution in [0.1, 0.15) is 10.4 Å². The number of nitrogens with one attached hydrogen (secondary N) is 3. The minimum absolute atomic E-state index is 0.0298. The van der Waals surface area contributed by atoms with Gasteiger partial charge in [-0.05, 0) is 36.4 Å². The zero-order valence-corrected chi connectivity index (χ0v) is 22.1. The molecule has 202 valence electrons. The second-order valence-corrected chi connectivity index (χ2v) is 10.0. The van der Waals surface area contributed by atoms with Crippen LogP contribution in [0, 0.1) is 0 Å². The van der Waals surface area contributed by atoms with E-state index in [2.05, 4.69) is 35.5 Å². The van der Waals surface area contributed by atoms with Gasteiger partial charge in [-0.25, -0.2) is 18.4 Å². The van der Waals surface area contributed by atoms with Gasteiger partial charge in [-0.2, -0.15) is 10.2 Å². The van der Waals surface area contributed by atoms with Crippen molar-refractivity contribution < 1.29 is 22.7 Å². The third-order valence-corrected chi connectivity index (χ3v) is 7.00. The lowest BCUT2D eigenvalue weighted by molar-refractivity contribution is 0.102. The molecule has 13 heteroatoms. The smallest absolute Gasteiger partial charge is 0.263 e. The Labute approximate surface area is 229 Å². The molecule has 0 radical (unpaired) electrons. The number of methoxy groups -OCH3 is 2. The van der Waals surface area contributed by atoms with Crippen LogP contribution >= 0.6 is 0 Å². The van der Waals surface area contributed by atoms with Gasteiger partial charge in [0.1, 0.15) is 11.5 Å². The Bertz CT molecular complexity index is 1780. The Hall–Kier alpha value is -5.30. The second kappa shape index (κ2) is 11.2. The lowest BCUT2D eigenvalue weighted by Crippen LogP contribution is -2.17. The molecule has 2 aromatic heterocycles. The van der Waals surface area contributed by atoms with Crippen molar-refractivity contribution in [1.82, 2.24) is 20.2 Å². The number of hydrogen-bond donors (Lipinski definition) is 3. The summed E-state index contributed by atoms with van der Waals surface area (Å²) in [5, 5.41) is 13.1. The van der Waals surface area contributed by atoms with Crippen molar-refractivity contribution >= 4 is 50.0 Å². The average molecular weight is 558 g/mol. The van der Waals surface area contributed by atoms with Crippen molar-refractivity contribution in [3.8, 4) is 11.5 Å². The van der Waals surface area contributed by atoms with Crippen molar-refractivity contribution in [2.75, 3.05) is 29.6 Å². The zero-order valence-electron chi connectivity index (χ0n) is 21.3. The minimum atomic E-state index is -4.16. The van der Waals surface area contributed by atoms with E-state index >= 15 is 0 Å². The topological polar surface area (TPSA) is 157 Å². The fourth-order valence-corrected chi connectivity index (χ4v) is 4.78. The number of benzene rings is 3. The number of ether oxygens (including phenoxy) is 2. The lowest BCUT2D eigenvalue weighted by Gasteiger charge is -2.15. The molecular formula is C27H23N7O5S. The monoisotopic (exact) mass is 557 g/mol. The fourth-order valence-electron chi connectivity index (χ4n) is 3.73. The van der Waals surface area contributed by atoms with Crippen molar-refractivity contribution in [2.24, 2.45) is 0 Å². The Balaban J connectivity index is 1.48. The first-order valence-corrected chi connectivity index (χ1v) is 13.3. The van der Waals surface area contributed by atoms with E-state index in [1.54, 1.807) is 48.5 Å². The van der Waals surface area contributed by atoms with Gasteiger partial charge >= 0.3 is 0 Å². The first-order valence-electron chi connectivity index (χ1n) is 11.8. The van der Waals surface area contributed by atoms with E-state index in [0.29, 0.717) is 28.2 Å². The quantitative estimate of drug-likeness (QED) is 0.239. The van der Waals surface area contributed by atoms with Crippen LogP contribution in [0.15, 0.2) is 90.1 Å². The molecule has 40 heavy (non-hydrogen) atoms. The zero-order chi connectivity index (χ0) is 28.1. The van der Waals surface area contributed by atoms with Crippen LogP contribution in [0.5, 0.6) is 11.5 Å². The van der Waals surface area contributed by atoms with Crippen molar-refractivity contribution in [3.05, 3.63) is 90.8 Å². The molecule has 5 aromatic rings. The lowest BCUT2D eigenvalue weighted by atomic mass is 10.2. The molecule has 0 atom stereocenters. The first-order chi connectivity index (χ1) is 19.3. The van der Waals surface area contributed by atoms with Crippen molar-refractivity contribution in [3.63, 3.8) is 0 Å². The number of nitrogens with zero attached hydrogens (tertiary/aromatic N) is 4. The third-order valence-electron chi connectivity index (χ3n) is 5.66. The number of anilines is 4. The van der Waals surface area contributed by atoms with E-state index in [0.717, 1.165) is 0 Å². The van der Waals surface area contributed by atoms with E-state index < -0.39 is 15.9 Å². The van der Waals surface area contributed by atoms with Crippen LogP contribution in [0.25, 0.3) is 11.0 Å². The number of carbonyl (C=O) groups is 1. The predicted molar refractivity (Wildman–Crippen MR) is 150 cm³/mol. The van der Waals surface area contributed by atoms with Crippen LogP contribution in [0.2, 0.25) is 0 Å².